The van der Waals surface area contributed by atoms with E-state index in [9.17, 15) is 5.11 Å². The van der Waals surface area contributed by atoms with Gasteiger partial charge in [-0.2, -0.15) is 0 Å². The van der Waals surface area contributed by atoms with Gasteiger partial charge in [0.15, 0.2) is 0 Å². The fourth-order valence-electron chi connectivity index (χ4n) is 1.82. The molecule has 1 saturated heterocycles. The summed E-state index contributed by atoms with van der Waals surface area (Å²) in [5.41, 5.74) is 0.990. The molecule has 88 valence electrons. The molecule has 1 N–H and O–H groups in total. The lowest BCUT2D eigenvalue weighted by Gasteiger charge is -2.34. The van der Waals surface area contributed by atoms with Crippen molar-refractivity contribution in [3.63, 3.8) is 0 Å². The van der Waals surface area contributed by atoms with Gasteiger partial charge in [-0.1, -0.05) is 17.7 Å². The van der Waals surface area contributed by atoms with Crippen LogP contribution in [-0.2, 0) is 11.3 Å². The van der Waals surface area contributed by atoms with Crippen molar-refractivity contribution in [1.82, 2.24) is 9.88 Å². The Hall–Kier alpha value is -0.680. The fraction of sp³-hybridized carbons (Fsp3) is 0.545. The lowest BCUT2D eigenvalue weighted by Crippen LogP contribution is -2.46. The molecule has 0 bridgehead atoms. The Bertz CT molecular complexity index is 349. The lowest BCUT2D eigenvalue weighted by atomic mass is 10.2. The molecule has 5 heteroatoms. The van der Waals surface area contributed by atoms with Gasteiger partial charge in [-0.3, -0.25) is 4.90 Å². The lowest BCUT2D eigenvalue weighted by molar-refractivity contribution is -0.0312. The fourth-order valence-corrected chi connectivity index (χ4v) is 2.00. The van der Waals surface area contributed by atoms with E-state index in [2.05, 4.69) is 9.88 Å². The van der Waals surface area contributed by atoms with Gasteiger partial charge in [0.2, 0.25) is 0 Å². The highest BCUT2D eigenvalue weighted by Crippen LogP contribution is 2.17. The molecule has 1 aromatic rings. The van der Waals surface area contributed by atoms with Crippen LogP contribution in [0.5, 0.6) is 0 Å². The minimum absolute atomic E-state index is 0.0602. The number of morpholine rings is 1. The summed E-state index contributed by atoms with van der Waals surface area (Å²) in [6.07, 6.45) is 1.68. The highest BCUT2D eigenvalue weighted by molar-refractivity contribution is 6.30. The molecule has 0 saturated carbocycles. The molecule has 2 rings (SSSR count). The van der Waals surface area contributed by atoms with Crippen molar-refractivity contribution in [1.29, 1.82) is 0 Å². The summed E-state index contributed by atoms with van der Waals surface area (Å²) in [6.45, 7) is 2.92. The van der Waals surface area contributed by atoms with Crippen LogP contribution in [-0.4, -0.2) is 47.4 Å². The maximum absolute atomic E-state index is 9.24. The van der Waals surface area contributed by atoms with Gasteiger partial charge in [0.1, 0.15) is 5.15 Å². The molecule has 1 aromatic heterocycles. The first-order valence-electron chi connectivity index (χ1n) is 5.33. The van der Waals surface area contributed by atoms with E-state index in [1.807, 2.05) is 12.1 Å². The van der Waals surface area contributed by atoms with E-state index in [-0.39, 0.29) is 12.6 Å². The minimum atomic E-state index is 0.0602. The van der Waals surface area contributed by atoms with Crippen LogP contribution in [0.25, 0.3) is 0 Å². The minimum Gasteiger partial charge on any atom is -0.395 e. The highest BCUT2D eigenvalue weighted by atomic mass is 35.5. The van der Waals surface area contributed by atoms with Gasteiger partial charge in [-0.05, 0) is 6.07 Å². The van der Waals surface area contributed by atoms with E-state index in [4.69, 9.17) is 16.3 Å². The largest absolute Gasteiger partial charge is 0.395 e. The SMILES string of the molecule is OCC1COCCN1Cc1cccnc1Cl. The molecule has 0 aliphatic carbocycles. The number of rotatable bonds is 3. The molecule has 1 aliphatic rings. The summed E-state index contributed by atoms with van der Waals surface area (Å²) in [5.74, 6) is 0. The van der Waals surface area contributed by atoms with Crippen molar-refractivity contribution < 1.29 is 9.84 Å². The zero-order valence-corrected chi connectivity index (χ0v) is 9.73. The Kier molecular flexibility index (Phi) is 4.12. The van der Waals surface area contributed by atoms with Gasteiger partial charge in [0.25, 0.3) is 0 Å². The highest BCUT2D eigenvalue weighted by Gasteiger charge is 2.22. The van der Waals surface area contributed by atoms with Crippen molar-refractivity contribution in [3.8, 4) is 0 Å². The first-order valence-corrected chi connectivity index (χ1v) is 5.71. The average molecular weight is 243 g/mol. The third-order valence-electron chi connectivity index (χ3n) is 2.77. The third-order valence-corrected chi connectivity index (χ3v) is 3.11. The van der Waals surface area contributed by atoms with Crippen LogP contribution in [0.2, 0.25) is 5.15 Å². The van der Waals surface area contributed by atoms with Crippen molar-refractivity contribution in [2.75, 3.05) is 26.4 Å². The Morgan fingerprint density at radius 2 is 2.50 bits per heavy atom. The Labute approximate surface area is 99.8 Å². The number of nitrogens with zero attached hydrogens (tertiary/aromatic N) is 2. The number of pyridine rings is 1. The zero-order valence-electron chi connectivity index (χ0n) is 8.97. The van der Waals surface area contributed by atoms with Crippen LogP contribution < -0.4 is 0 Å². The van der Waals surface area contributed by atoms with Gasteiger partial charge in [0, 0.05) is 24.8 Å². The summed E-state index contributed by atoms with van der Waals surface area (Å²) < 4.78 is 5.32. The zero-order chi connectivity index (χ0) is 11.4. The molecule has 4 nitrogen and oxygen atoms in total. The topological polar surface area (TPSA) is 45.6 Å². The van der Waals surface area contributed by atoms with Gasteiger partial charge >= 0.3 is 0 Å². The van der Waals surface area contributed by atoms with Crippen molar-refractivity contribution >= 4 is 11.6 Å². The molecule has 0 aromatic carbocycles. The molecule has 0 amide bonds. The van der Waals surface area contributed by atoms with E-state index in [1.165, 1.54) is 0 Å². The summed E-state index contributed by atoms with van der Waals surface area (Å²) in [7, 11) is 0. The first-order chi connectivity index (χ1) is 7.81. The van der Waals surface area contributed by atoms with E-state index in [0.717, 1.165) is 12.1 Å². The molecule has 0 spiro atoms. The maximum Gasteiger partial charge on any atom is 0.133 e. The number of ether oxygens (including phenoxy) is 1. The van der Waals surface area contributed by atoms with E-state index in [0.29, 0.717) is 24.9 Å². The maximum atomic E-state index is 9.24. The predicted molar refractivity (Wildman–Crippen MR) is 61.3 cm³/mol. The standard InChI is InChI=1S/C11H15ClN2O2/c12-11-9(2-1-3-13-11)6-14-4-5-16-8-10(14)7-15/h1-3,10,15H,4-8H2. The second kappa shape index (κ2) is 5.59. The average Bonchev–Trinajstić information content (AvgIpc) is 2.33. The monoisotopic (exact) mass is 242 g/mol. The van der Waals surface area contributed by atoms with Gasteiger partial charge < -0.3 is 9.84 Å². The van der Waals surface area contributed by atoms with Crippen molar-refractivity contribution in [3.05, 3.63) is 29.0 Å². The van der Waals surface area contributed by atoms with E-state index in [1.54, 1.807) is 6.20 Å². The van der Waals surface area contributed by atoms with Crippen molar-refractivity contribution in [2.45, 2.75) is 12.6 Å². The van der Waals surface area contributed by atoms with E-state index >= 15 is 0 Å². The van der Waals surface area contributed by atoms with E-state index < -0.39 is 0 Å². The third kappa shape index (κ3) is 2.71. The molecular weight excluding hydrogens is 228 g/mol. The second-order valence-corrected chi connectivity index (χ2v) is 4.19. The van der Waals surface area contributed by atoms with Gasteiger partial charge in [-0.25, -0.2) is 4.98 Å². The van der Waals surface area contributed by atoms with Crippen molar-refractivity contribution in [2.24, 2.45) is 0 Å². The molecule has 2 heterocycles. The number of hydrogen-bond donors (Lipinski definition) is 1. The summed E-state index contributed by atoms with van der Waals surface area (Å²) in [4.78, 5) is 6.21. The summed E-state index contributed by atoms with van der Waals surface area (Å²) in [6, 6.07) is 3.89. The molecule has 1 fully saturated rings. The Balaban J connectivity index is 2.05. The Morgan fingerprint density at radius 3 is 3.25 bits per heavy atom. The molecule has 0 radical (unpaired) electrons. The number of hydrogen-bond acceptors (Lipinski definition) is 4. The predicted octanol–water partition coefficient (Wildman–Crippen LogP) is 0.928. The van der Waals surface area contributed by atoms with Crippen LogP contribution in [0.15, 0.2) is 18.3 Å². The molecule has 1 aliphatic heterocycles. The number of aliphatic hydroxyl groups is 1. The Morgan fingerprint density at radius 1 is 1.62 bits per heavy atom. The molecule has 16 heavy (non-hydrogen) atoms. The number of aromatic nitrogens is 1. The van der Waals surface area contributed by atoms with Crippen LogP contribution in [0.3, 0.4) is 0 Å². The first kappa shape index (κ1) is 11.8. The number of aliphatic hydroxyl groups excluding tert-OH is 1. The summed E-state index contributed by atoms with van der Waals surface area (Å²) >= 11 is 6.00. The summed E-state index contributed by atoms with van der Waals surface area (Å²) in [5, 5.41) is 9.77. The van der Waals surface area contributed by atoms with Gasteiger partial charge in [0.05, 0.1) is 25.9 Å². The second-order valence-electron chi connectivity index (χ2n) is 3.84. The molecule has 1 unspecified atom stereocenters. The van der Waals surface area contributed by atoms with Crippen LogP contribution in [0.1, 0.15) is 5.56 Å². The molecular formula is C11H15ClN2O2. The smallest absolute Gasteiger partial charge is 0.133 e. The molecule has 1 atom stereocenters. The quantitative estimate of drug-likeness (QED) is 0.801. The number of halogens is 1. The normalized spacial score (nSPS) is 22.2. The van der Waals surface area contributed by atoms with Crippen LogP contribution in [0, 0.1) is 0 Å². The van der Waals surface area contributed by atoms with Crippen LogP contribution in [0.4, 0.5) is 0 Å². The van der Waals surface area contributed by atoms with Gasteiger partial charge in [-0.15, -0.1) is 0 Å². The van der Waals surface area contributed by atoms with Crippen LogP contribution >= 0.6 is 11.6 Å².